The quantitative estimate of drug-likeness (QED) is 0.575. The number of hydrogen-bond acceptors (Lipinski definition) is 3. The first-order chi connectivity index (χ1) is 13.6. The molecule has 3 rings (SSSR count). The lowest BCUT2D eigenvalue weighted by atomic mass is 10.2. The first-order valence-electron chi connectivity index (χ1n) is 9.07. The molecular weight excluding hydrogens is 364 g/mol. The number of hydrogen-bond donors (Lipinski definition) is 1. The molecule has 1 heterocycles. The van der Waals surface area contributed by atoms with Gasteiger partial charge in [-0.15, -0.1) is 0 Å². The Labute approximate surface area is 161 Å². The van der Waals surface area contributed by atoms with Gasteiger partial charge in [0, 0.05) is 11.8 Å². The number of aromatic nitrogens is 2. The summed E-state index contributed by atoms with van der Waals surface area (Å²) in [5, 5.41) is 6.67. The summed E-state index contributed by atoms with van der Waals surface area (Å²) in [6.45, 7) is 3.18. The van der Waals surface area contributed by atoms with Crippen molar-refractivity contribution in [3.8, 4) is 5.75 Å². The van der Waals surface area contributed by atoms with E-state index in [2.05, 4.69) is 17.3 Å². The minimum atomic E-state index is -0.914. The number of ether oxygens (including phenoxy) is 1. The Morgan fingerprint density at radius 2 is 1.89 bits per heavy atom. The van der Waals surface area contributed by atoms with Gasteiger partial charge in [0.25, 0.3) is 5.91 Å². The molecule has 0 aliphatic rings. The first-order valence-corrected chi connectivity index (χ1v) is 9.07. The first kappa shape index (κ1) is 19.5. The van der Waals surface area contributed by atoms with Gasteiger partial charge >= 0.3 is 0 Å². The van der Waals surface area contributed by atoms with Gasteiger partial charge in [-0.3, -0.25) is 9.48 Å². The molecule has 5 nitrogen and oxygen atoms in total. The van der Waals surface area contributed by atoms with Gasteiger partial charge in [-0.1, -0.05) is 37.6 Å². The summed E-state index contributed by atoms with van der Waals surface area (Å²) < 4.78 is 34.9. The molecule has 2 aromatic carbocycles. The van der Waals surface area contributed by atoms with Gasteiger partial charge in [0.05, 0.1) is 25.0 Å². The smallest absolute Gasteiger partial charge is 0.261 e. The Kier molecular flexibility index (Phi) is 6.37. The SMILES string of the molecule is CCCCOc1ccccc1Cn1cc(NC(=O)c2c(F)cccc2F)cn1. The molecule has 0 aliphatic heterocycles. The fourth-order valence-electron chi connectivity index (χ4n) is 2.70. The number of benzene rings is 2. The maximum absolute atomic E-state index is 13.7. The monoisotopic (exact) mass is 385 g/mol. The van der Waals surface area contributed by atoms with Crippen molar-refractivity contribution in [3.05, 3.63) is 77.6 Å². The lowest BCUT2D eigenvalue weighted by molar-refractivity contribution is 0.101. The van der Waals surface area contributed by atoms with E-state index in [0.717, 1.165) is 36.3 Å². The van der Waals surface area contributed by atoms with Crippen LogP contribution in [-0.2, 0) is 6.54 Å². The largest absolute Gasteiger partial charge is 0.493 e. The number of nitrogens with zero attached hydrogens (tertiary/aromatic N) is 2. The molecule has 7 heteroatoms. The molecule has 0 spiro atoms. The highest BCUT2D eigenvalue weighted by Crippen LogP contribution is 2.20. The van der Waals surface area contributed by atoms with Crippen molar-refractivity contribution in [2.24, 2.45) is 0 Å². The van der Waals surface area contributed by atoms with Crippen molar-refractivity contribution in [2.75, 3.05) is 11.9 Å². The molecule has 0 unspecified atom stereocenters. The van der Waals surface area contributed by atoms with Crippen molar-refractivity contribution in [1.82, 2.24) is 9.78 Å². The van der Waals surface area contributed by atoms with E-state index in [9.17, 15) is 13.6 Å². The average molecular weight is 385 g/mol. The maximum Gasteiger partial charge on any atom is 0.261 e. The molecule has 1 amide bonds. The molecule has 0 saturated heterocycles. The van der Waals surface area contributed by atoms with Crippen molar-refractivity contribution in [3.63, 3.8) is 0 Å². The lowest BCUT2D eigenvalue weighted by Crippen LogP contribution is -2.15. The second-order valence-corrected chi connectivity index (χ2v) is 6.29. The highest BCUT2D eigenvalue weighted by molar-refractivity contribution is 6.04. The third-order valence-electron chi connectivity index (χ3n) is 4.14. The third kappa shape index (κ3) is 4.73. The van der Waals surface area contributed by atoms with E-state index in [1.165, 1.54) is 12.3 Å². The molecule has 28 heavy (non-hydrogen) atoms. The standard InChI is InChI=1S/C21H21F2N3O2/c1-2-3-11-28-19-10-5-4-7-15(19)13-26-14-16(12-24-26)25-21(27)20-17(22)8-6-9-18(20)23/h4-10,12,14H,2-3,11,13H2,1H3,(H,25,27). The van der Waals surface area contributed by atoms with Gasteiger partial charge in [-0.25, -0.2) is 8.78 Å². The Balaban J connectivity index is 1.69. The van der Waals surface area contributed by atoms with Crippen LogP contribution in [0.25, 0.3) is 0 Å². The summed E-state index contributed by atoms with van der Waals surface area (Å²) >= 11 is 0. The fourth-order valence-corrected chi connectivity index (χ4v) is 2.70. The Morgan fingerprint density at radius 1 is 1.14 bits per heavy atom. The lowest BCUT2D eigenvalue weighted by Gasteiger charge is -2.11. The number of halogens is 2. The molecule has 0 atom stereocenters. The maximum atomic E-state index is 13.7. The molecule has 0 radical (unpaired) electrons. The van der Waals surface area contributed by atoms with Crippen LogP contribution in [0.3, 0.4) is 0 Å². The van der Waals surface area contributed by atoms with Gasteiger partial charge < -0.3 is 10.1 Å². The van der Waals surface area contributed by atoms with Crippen LogP contribution in [0.5, 0.6) is 5.75 Å². The number of amides is 1. The highest BCUT2D eigenvalue weighted by Gasteiger charge is 2.17. The molecule has 0 saturated carbocycles. The highest BCUT2D eigenvalue weighted by atomic mass is 19.1. The van der Waals surface area contributed by atoms with Crippen LogP contribution < -0.4 is 10.1 Å². The number of carbonyl (C=O) groups is 1. The van der Waals surface area contributed by atoms with Gasteiger partial charge in [0.15, 0.2) is 0 Å². The topological polar surface area (TPSA) is 56.1 Å². The Bertz CT molecular complexity index is 936. The van der Waals surface area contributed by atoms with Crippen molar-refractivity contribution < 1.29 is 18.3 Å². The van der Waals surface area contributed by atoms with Crippen LogP contribution in [0.4, 0.5) is 14.5 Å². The van der Waals surface area contributed by atoms with E-state index >= 15 is 0 Å². The van der Waals surface area contributed by atoms with Crippen LogP contribution in [0.2, 0.25) is 0 Å². The molecule has 146 valence electrons. The van der Waals surface area contributed by atoms with E-state index in [1.54, 1.807) is 10.9 Å². The van der Waals surface area contributed by atoms with E-state index in [-0.39, 0.29) is 0 Å². The molecule has 0 fully saturated rings. The van der Waals surface area contributed by atoms with Crippen LogP contribution in [0.1, 0.15) is 35.7 Å². The molecule has 1 aromatic heterocycles. The number of anilines is 1. The zero-order chi connectivity index (χ0) is 19.9. The molecule has 0 bridgehead atoms. The summed E-state index contributed by atoms with van der Waals surface area (Å²) in [6.07, 6.45) is 5.04. The van der Waals surface area contributed by atoms with Gasteiger partial charge in [0.1, 0.15) is 22.9 Å². The molecule has 1 N–H and O–H groups in total. The van der Waals surface area contributed by atoms with E-state index in [4.69, 9.17) is 4.74 Å². The van der Waals surface area contributed by atoms with Crippen molar-refractivity contribution in [2.45, 2.75) is 26.3 Å². The number of rotatable bonds is 8. The minimum Gasteiger partial charge on any atom is -0.493 e. The molecule has 3 aromatic rings. The van der Waals surface area contributed by atoms with E-state index in [0.29, 0.717) is 18.8 Å². The normalized spacial score (nSPS) is 10.7. The van der Waals surface area contributed by atoms with Crippen LogP contribution >= 0.6 is 0 Å². The van der Waals surface area contributed by atoms with Crippen LogP contribution in [0, 0.1) is 11.6 Å². The predicted octanol–water partition coefficient (Wildman–Crippen LogP) is 4.64. The van der Waals surface area contributed by atoms with Gasteiger partial charge in [-0.05, 0) is 24.6 Å². The zero-order valence-corrected chi connectivity index (χ0v) is 15.5. The molecule has 0 aliphatic carbocycles. The summed E-state index contributed by atoms with van der Waals surface area (Å²) in [5.41, 5.74) is 0.668. The Hall–Kier alpha value is -3.22. The van der Waals surface area contributed by atoms with Crippen LogP contribution in [0.15, 0.2) is 54.9 Å². The van der Waals surface area contributed by atoms with E-state index in [1.807, 2.05) is 24.3 Å². The average Bonchev–Trinajstić information content (AvgIpc) is 3.10. The number of unbranched alkanes of at least 4 members (excludes halogenated alkanes) is 1. The number of carbonyl (C=O) groups excluding carboxylic acids is 1. The predicted molar refractivity (Wildman–Crippen MR) is 102 cm³/mol. The van der Waals surface area contributed by atoms with Gasteiger partial charge in [0.2, 0.25) is 0 Å². The van der Waals surface area contributed by atoms with Crippen LogP contribution in [-0.4, -0.2) is 22.3 Å². The zero-order valence-electron chi connectivity index (χ0n) is 15.5. The summed E-state index contributed by atoms with van der Waals surface area (Å²) in [5.74, 6) is -1.91. The summed E-state index contributed by atoms with van der Waals surface area (Å²) in [6, 6.07) is 10.9. The third-order valence-corrected chi connectivity index (χ3v) is 4.14. The number of nitrogens with one attached hydrogen (secondary N) is 1. The minimum absolute atomic E-state index is 0.344. The second kappa shape index (κ2) is 9.12. The fraction of sp³-hybridized carbons (Fsp3) is 0.238. The summed E-state index contributed by atoms with van der Waals surface area (Å²) in [4.78, 5) is 12.2. The Morgan fingerprint density at radius 3 is 2.64 bits per heavy atom. The number of para-hydroxylation sites is 1. The van der Waals surface area contributed by atoms with E-state index < -0.39 is 23.1 Å². The summed E-state index contributed by atoms with van der Waals surface area (Å²) in [7, 11) is 0. The molecular formula is C21H21F2N3O2. The second-order valence-electron chi connectivity index (χ2n) is 6.29. The van der Waals surface area contributed by atoms with Gasteiger partial charge in [-0.2, -0.15) is 5.10 Å². The van der Waals surface area contributed by atoms with Crippen molar-refractivity contribution >= 4 is 11.6 Å². The van der Waals surface area contributed by atoms with Crippen molar-refractivity contribution in [1.29, 1.82) is 0 Å².